The molecular formula is C20H15N. The van der Waals surface area contributed by atoms with Crippen molar-refractivity contribution >= 4 is 21.7 Å². The van der Waals surface area contributed by atoms with Gasteiger partial charge in [0.25, 0.3) is 0 Å². The van der Waals surface area contributed by atoms with Crippen LogP contribution in [0, 0.1) is 0 Å². The minimum absolute atomic E-state index is 1.13. The third-order valence-electron chi connectivity index (χ3n) is 4.72. The van der Waals surface area contributed by atoms with Crippen LogP contribution >= 0.6 is 0 Å². The number of fused-ring (bicyclic) bond motifs is 7. The molecule has 5 rings (SSSR count). The predicted octanol–water partition coefficient (Wildman–Crippen LogP) is 5.09. The van der Waals surface area contributed by atoms with Gasteiger partial charge in [0.2, 0.25) is 0 Å². The van der Waals surface area contributed by atoms with Crippen LogP contribution in [0.5, 0.6) is 0 Å². The maximum absolute atomic E-state index is 3.66. The zero-order chi connectivity index (χ0) is 13.8. The number of H-pyrrole nitrogens is 1. The molecule has 0 unspecified atom stereocenters. The van der Waals surface area contributed by atoms with Gasteiger partial charge in [-0.25, -0.2) is 0 Å². The van der Waals surface area contributed by atoms with Crippen molar-refractivity contribution in [1.29, 1.82) is 0 Å². The first-order valence-electron chi connectivity index (χ1n) is 7.52. The van der Waals surface area contributed by atoms with Gasteiger partial charge < -0.3 is 4.98 Å². The second kappa shape index (κ2) is 3.98. The number of hydrogen-bond acceptors (Lipinski definition) is 0. The number of rotatable bonds is 0. The summed E-state index contributed by atoms with van der Waals surface area (Å²) in [5, 5.41) is 4.11. The van der Waals surface area contributed by atoms with Crippen LogP contribution in [0.3, 0.4) is 0 Å². The number of nitrogens with one attached hydrogen (secondary N) is 1. The van der Waals surface area contributed by atoms with E-state index in [2.05, 4.69) is 65.6 Å². The molecule has 1 heteroatoms. The second-order valence-electron chi connectivity index (χ2n) is 5.84. The van der Waals surface area contributed by atoms with E-state index in [0.717, 1.165) is 12.8 Å². The predicted molar refractivity (Wildman–Crippen MR) is 88.6 cm³/mol. The van der Waals surface area contributed by atoms with E-state index in [0.29, 0.717) is 0 Å². The standard InChI is InChI=1S/C20H15N/c1-3-7-15-13(5-1)10-12-18-19(15)17-11-9-14-6-2-4-8-16(14)20(17)21-18/h1-8,10,12,21H,9,11H2. The van der Waals surface area contributed by atoms with Gasteiger partial charge in [0.05, 0.1) is 0 Å². The summed E-state index contributed by atoms with van der Waals surface area (Å²) in [5.74, 6) is 0. The zero-order valence-electron chi connectivity index (χ0n) is 11.7. The number of hydrogen-bond donors (Lipinski definition) is 1. The van der Waals surface area contributed by atoms with E-state index in [1.807, 2.05) is 0 Å². The molecule has 1 aromatic heterocycles. The van der Waals surface area contributed by atoms with Crippen LogP contribution in [0.25, 0.3) is 32.9 Å². The van der Waals surface area contributed by atoms with Gasteiger partial charge >= 0.3 is 0 Å². The van der Waals surface area contributed by atoms with Gasteiger partial charge in [0.15, 0.2) is 0 Å². The molecule has 1 heterocycles. The molecule has 1 N–H and O–H groups in total. The van der Waals surface area contributed by atoms with Crippen LogP contribution in [-0.4, -0.2) is 4.98 Å². The van der Waals surface area contributed by atoms with Gasteiger partial charge in [0, 0.05) is 22.2 Å². The molecule has 0 bridgehead atoms. The van der Waals surface area contributed by atoms with Gasteiger partial charge in [0.1, 0.15) is 0 Å². The summed E-state index contributed by atoms with van der Waals surface area (Å²) in [7, 11) is 0. The van der Waals surface area contributed by atoms with Crippen molar-refractivity contribution in [2.45, 2.75) is 12.8 Å². The second-order valence-corrected chi connectivity index (χ2v) is 5.84. The number of benzene rings is 3. The molecule has 3 aromatic carbocycles. The molecule has 21 heavy (non-hydrogen) atoms. The van der Waals surface area contributed by atoms with Crippen molar-refractivity contribution < 1.29 is 0 Å². The fraction of sp³-hybridized carbons (Fsp3) is 0.100. The summed E-state index contributed by atoms with van der Waals surface area (Å²) in [4.78, 5) is 3.66. The van der Waals surface area contributed by atoms with Crippen molar-refractivity contribution in [3.8, 4) is 11.3 Å². The summed E-state index contributed by atoms with van der Waals surface area (Å²) >= 11 is 0. The fourth-order valence-corrected chi connectivity index (χ4v) is 3.76. The van der Waals surface area contributed by atoms with Crippen LogP contribution in [0.15, 0.2) is 60.7 Å². The third-order valence-corrected chi connectivity index (χ3v) is 4.72. The zero-order valence-corrected chi connectivity index (χ0v) is 11.7. The van der Waals surface area contributed by atoms with Gasteiger partial charge in [-0.05, 0) is 40.8 Å². The Morgan fingerprint density at radius 2 is 1.62 bits per heavy atom. The van der Waals surface area contributed by atoms with Crippen LogP contribution in [-0.2, 0) is 12.8 Å². The summed E-state index contributed by atoms with van der Waals surface area (Å²) in [6.45, 7) is 0. The molecule has 0 fully saturated rings. The first-order valence-corrected chi connectivity index (χ1v) is 7.52. The van der Waals surface area contributed by atoms with Crippen molar-refractivity contribution in [1.82, 2.24) is 4.98 Å². The van der Waals surface area contributed by atoms with Gasteiger partial charge in [-0.3, -0.25) is 0 Å². The lowest BCUT2D eigenvalue weighted by Crippen LogP contribution is -2.02. The topological polar surface area (TPSA) is 15.8 Å². The molecule has 0 saturated heterocycles. The fourth-order valence-electron chi connectivity index (χ4n) is 3.76. The highest BCUT2D eigenvalue weighted by atomic mass is 14.7. The molecule has 0 amide bonds. The first kappa shape index (κ1) is 11.2. The highest BCUT2D eigenvalue weighted by Gasteiger charge is 2.21. The van der Waals surface area contributed by atoms with Crippen LogP contribution in [0.2, 0.25) is 0 Å². The molecule has 4 aromatic rings. The van der Waals surface area contributed by atoms with E-state index in [1.165, 1.54) is 44.1 Å². The largest absolute Gasteiger partial charge is 0.354 e. The highest BCUT2D eigenvalue weighted by molar-refractivity contribution is 6.10. The average Bonchev–Trinajstić information content (AvgIpc) is 2.94. The SMILES string of the molecule is c1ccc2c(c1)CCc1c-2[nH]c2ccc3ccccc3c12. The van der Waals surface area contributed by atoms with Gasteiger partial charge in [-0.2, -0.15) is 0 Å². The van der Waals surface area contributed by atoms with Gasteiger partial charge in [-0.1, -0.05) is 54.6 Å². The molecule has 0 spiro atoms. The summed E-state index contributed by atoms with van der Waals surface area (Å²) in [5.41, 5.74) is 6.90. The monoisotopic (exact) mass is 269 g/mol. The molecule has 100 valence electrons. The molecule has 0 aliphatic heterocycles. The molecular weight excluding hydrogens is 254 g/mol. The average molecular weight is 269 g/mol. The number of aromatic amines is 1. The Hall–Kier alpha value is -2.54. The number of aromatic nitrogens is 1. The van der Waals surface area contributed by atoms with Crippen LogP contribution in [0.4, 0.5) is 0 Å². The van der Waals surface area contributed by atoms with Crippen LogP contribution in [0.1, 0.15) is 11.1 Å². The molecule has 0 saturated carbocycles. The van der Waals surface area contributed by atoms with E-state index in [-0.39, 0.29) is 0 Å². The molecule has 1 aliphatic rings. The number of aryl methyl sites for hydroxylation is 2. The molecule has 0 atom stereocenters. The van der Waals surface area contributed by atoms with Gasteiger partial charge in [-0.15, -0.1) is 0 Å². The van der Waals surface area contributed by atoms with E-state index in [9.17, 15) is 0 Å². The van der Waals surface area contributed by atoms with E-state index < -0.39 is 0 Å². The minimum Gasteiger partial charge on any atom is -0.354 e. The Morgan fingerprint density at radius 1 is 0.762 bits per heavy atom. The van der Waals surface area contributed by atoms with E-state index in [1.54, 1.807) is 0 Å². The minimum atomic E-state index is 1.13. The maximum Gasteiger partial charge on any atom is 0.0500 e. The smallest absolute Gasteiger partial charge is 0.0500 e. The molecule has 1 nitrogen and oxygen atoms in total. The molecule has 0 radical (unpaired) electrons. The van der Waals surface area contributed by atoms with Crippen LogP contribution < -0.4 is 0 Å². The first-order chi connectivity index (χ1) is 10.4. The molecule has 1 aliphatic carbocycles. The summed E-state index contributed by atoms with van der Waals surface area (Å²) < 4.78 is 0. The summed E-state index contributed by atoms with van der Waals surface area (Å²) in [6.07, 6.45) is 2.26. The third kappa shape index (κ3) is 1.46. The Morgan fingerprint density at radius 3 is 2.62 bits per heavy atom. The summed E-state index contributed by atoms with van der Waals surface area (Å²) in [6, 6.07) is 21.9. The lowest BCUT2D eigenvalue weighted by Gasteiger charge is -2.16. The van der Waals surface area contributed by atoms with Crippen molar-refractivity contribution in [3.05, 3.63) is 71.8 Å². The normalized spacial score (nSPS) is 13.3. The maximum atomic E-state index is 3.66. The lowest BCUT2D eigenvalue weighted by atomic mass is 9.88. The van der Waals surface area contributed by atoms with E-state index in [4.69, 9.17) is 0 Å². The quantitative estimate of drug-likeness (QED) is 0.458. The van der Waals surface area contributed by atoms with Crippen molar-refractivity contribution in [2.75, 3.05) is 0 Å². The van der Waals surface area contributed by atoms with E-state index >= 15 is 0 Å². The Kier molecular flexibility index (Phi) is 2.12. The van der Waals surface area contributed by atoms with Crippen molar-refractivity contribution in [2.24, 2.45) is 0 Å². The Bertz CT molecular complexity index is 991. The Labute approximate surface area is 123 Å². The highest BCUT2D eigenvalue weighted by Crippen LogP contribution is 2.39. The Balaban J connectivity index is 1.95. The van der Waals surface area contributed by atoms with Crippen molar-refractivity contribution in [3.63, 3.8) is 0 Å². The lowest BCUT2D eigenvalue weighted by molar-refractivity contribution is 0.948.